The van der Waals surface area contributed by atoms with E-state index >= 15 is 0 Å². The molecule has 1 aromatic rings. The van der Waals surface area contributed by atoms with Gasteiger partial charge in [-0.15, -0.1) is 0 Å². The van der Waals surface area contributed by atoms with Crippen molar-refractivity contribution in [2.24, 2.45) is 11.8 Å². The molecular weight excluding hydrogens is 196 g/mol. The van der Waals surface area contributed by atoms with Crippen LogP contribution < -0.4 is 0 Å². The highest BCUT2D eigenvalue weighted by molar-refractivity contribution is 5.31. The van der Waals surface area contributed by atoms with Crippen molar-refractivity contribution in [1.82, 2.24) is 0 Å². The number of hydrogen-bond acceptors (Lipinski definition) is 1. The smallest absolute Gasteiger partial charge is 0.0823 e. The summed E-state index contributed by atoms with van der Waals surface area (Å²) in [6.07, 6.45) is 4.40. The van der Waals surface area contributed by atoms with Crippen molar-refractivity contribution in [1.29, 1.82) is 0 Å². The van der Waals surface area contributed by atoms with Crippen LogP contribution in [0.4, 0.5) is 0 Å². The zero-order valence-electron chi connectivity index (χ0n) is 10.3. The van der Waals surface area contributed by atoms with Gasteiger partial charge in [0.25, 0.3) is 0 Å². The van der Waals surface area contributed by atoms with E-state index in [1.54, 1.807) is 0 Å². The highest BCUT2D eigenvalue weighted by Gasteiger charge is 2.31. The molecule has 0 radical (unpaired) electrons. The van der Waals surface area contributed by atoms with Crippen LogP contribution >= 0.6 is 0 Å². The minimum absolute atomic E-state index is 0.241. The Morgan fingerprint density at radius 2 is 1.94 bits per heavy atom. The highest BCUT2D eigenvalue weighted by Crippen LogP contribution is 2.40. The minimum atomic E-state index is -0.241. The van der Waals surface area contributed by atoms with E-state index in [0.29, 0.717) is 11.8 Å². The topological polar surface area (TPSA) is 20.2 Å². The van der Waals surface area contributed by atoms with Crippen LogP contribution in [0.15, 0.2) is 24.3 Å². The van der Waals surface area contributed by atoms with Crippen LogP contribution in [0.2, 0.25) is 0 Å². The lowest BCUT2D eigenvalue weighted by Crippen LogP contribution is -2.26. The van der Waals surface area contributed by atoms with Gasteiger partial charge in [0, 0.05) is 0 Å². The molecule has 1 N–H and O–H groups in total. The van der Waals surface area contributed by atoms with Crippen LogP contribution in [0, 0.1) is 11.8 Å². The van der Waals surface area contributed by atoms with Gasteiger partial charge in [-0.25, -0.2) is 0 Å². The Morgan fingerprint density at radius 3 is 2.62 bits per heavy atom. The zero-order chi connectivity index (χ0) is 11.5. The largest absolute Gasteiger partial charge is 0.388 e. The molecular formula is C15H22O. The van der Waals surface area contributed by atoms with Gasteiger partial charge in [-0.2, -0.15) is 0 Å². The molecule has 16 heavy (non-hydrogen) atoms. The zero-order valence-corrected chi connectivity index (χ0v) is 10.3. The van der Waals surface area contributed by atoms with Gasteiger partial charge in [-0.1, -0.05) is 51.0 Å². The van der Waals surface area contributed by atoms with E-state index in [-0.39, 0.29) is 6.10 Å². The molecule has 88 valence electrons. The third-order valence-electron chi connectivity index (χ3n) is 4.18. The number of aliphatic hydroxyl groups is 1. The maximum Gasteiger partial charge on any atom is 0.0823 e. The van der Waals surface area contributed by atoms with E-state index in [1.165, 1.54) is 24.0 Å². The molecule has 1 heteroatoms. The second-order valence-electron chi connectivity index (χ2n) is 4.92. The Balaban J connectivity index is 2.23. The molecule has 2 atom stereocenters. The Bertz CT molecular complexity index is 341. The van der Waals surface area contributed by atoms with E-state index < -0.39 is 0 Å². The Hall–Kier alpha value is -0.820. The van der Waals surface area contributed by atoms with Crippen LogP contribution in [0.5, 0.6) is 0 Å². The average Bonchev–Trinajstić information content (AvgIpc) is 2.34. The Labute approximate surface area is 98.5 Å². The lowest BCUT2D eigenvalue weighted by Gasteiger charge is -2.35. The lowest BCUT2D eigenvalue weighted by molar-refractivity contribution is 0.0541. The summed E-state index contributed by atoms with van der Waals surface area (Å²) in [7, 11) is 0. The number of hydrogen-bond donors (Lipinski definition) is 1. The fraction of sp³-hybridized carbons (Fsp3) is 0.600. The maximum absolute atomic E-state index is 10.5. The van der Waals surface area contributed by atoms with Crippen molar-refractivity contribution in [3.05, 3.63) is 35.4 Å². The molecule has 2 rings (SSSR count). The second-order valence-corrected chi connectivity index (χ2v) is 4.92. The summed E-state index contributed by atoms with van der Waals surface area (Å²) in [6.45, 7) is 4.47. The summed E-state index contributed by atoms with van der Waals surface area (Å²) in [5.41, 5.74) is 2.52. The highest BCUT2D eigenvalue weighted by atomic mass is 16.3. The molecule has 2 unspecified atom stereocenters. The first-order valence-electron chi connectivity index (χ1n) is 6.53. The van der Waals surface area contributed by atoms with Gasteiger partial charge in [0.1, 0.15) is 0 Å². The number of fused-ring (bicyclic) bond motifs is 1. The SMILES string of the molecule is CCC(CC)C1CCc2ccccc2C1O. The molecule has 0 aliphatic heterocycles. The third-order valence-corrected chi connectivity index (χ3v) is 4.18. The molecule has 0 saturated carbocycles. The van der Waals surface area contributed by atoms with Crippen molar-refractivity contribution in [2.45, 2.75) is 45.6 Å². The summed E-state index contributed by atoms with van der Waals surface area (Å²) in [6, 6.07) is 8.36. The molecule has 0 amide bonds. The standard InChI is InChI=1S/C15H22O/c1-3-11(4-2)14-10-9-12-7-5-6-8-13(12)15(14)16/h5-8,11,14-16H,3-4,9-10H2,1-2H3. The van der Waals surface area contributed by atoms with Crippen molar-refractivity contribution >= 4 is 0 Å². The van der Waals surface area contributed by atoms with Crippen molar-refractivity contribution < 1.29 is 5.11 Å². The molecule has 1 aliphatic carbocycles. The molecule has 0 bridgehead atoms. The number of benzene rings is 1. The Kier molecular flexibility index (Phi) is 3.65. The monoisotopic (exact) mass is 218 g/mol. The average molecular weight is 218 g/mol. The third kappa shape index (κ3) is 2.01. The van der Waals surface area contributed by atoms with Gasteiger partial charge in [0.15, 0.2) is 0 Å². The molecule has 0 saturated heterocycles. The molecule has 1 aliphatic rings. The molecule has 0 aromatic heterocycles. The van der Waals surface area contributed by atoms with Crippen LogP contribution in [0.1, 0.15) is 50.3 Å². The number of aliphatic hydroxyl groups excluding tert-OH is 1. The lowest BCUT2D eigenvalue weighted by atomic mass is 9.73. The fourth-order valence-electron chi connectivity index (χ4n) is 3.15. The van der Waals surface area contributed by atoms with E-state index in [2.05, 4.69) is 32.0 Å². The quantitative estimate of drug-likeness (QED) is 0.819. The van der Waals surface area contributed by atoms with Gasteiger partial charge in [0.2, 0.25) is 0 Å². The normalized spacial score (nSPS) is 24.5. The van der Waals surface area contributed by atoms with E-state index in [1.807, 2.05) is 6.07 Å². The van der Waals surface area contributed by atoms with Crippen LogP contribution in [0.25, 0.3) is 0 Å². The molecule has 1 nitrogen and oxygen atoms in total. The van der Waals surface area contributed by atoms with Gasteiger partial charge in [-0.3, -0.25) is 0 Å². The van der Waals surface area contributed by atoms with E-state index in [4.69, 9.17) is 0 Å². The van der Waals surface area contributed by atoms with Crippen LogP contribution in [0.3, 0.4) is 0 Å². The summed E-state index contributed by atoms with van der Waals surface area (Å²) < 4.78 is 0. The summed E-state index contributed by atoms with van der Waals surface area (Å²) in [4.78, 5) is 0. The number of aryl methyl sites for hydroxylation is 1. The van der Waals surface area contributed by atoms with E-state index in [0.717, 1.165) is 12.8 Å². The summed E-state index contributed by atoms with van der Waals surface area (Å²) in [5.74, 6) is 1.13. The first-order chi connectivity index (χ1) is 7.77. The van der Waals surface area contributed by atoms with Gasteiger partial charge >= 0.3 is 0 Å². The fourth-order valence-corrected chi connectivity index (χ4v) is 3.15. The first-order valence-corrected chi connectivity index (χ1v) is 6.53. The summed E-state index contributed by atoms with van der Waals surface area (Å²) in [5, 5.41) is 10.5. The molecule has 0 spiro atoms. The second kappa shape index (κ2) is 5.01. The van der Waals surface area contributed by atoms with Crippen molar-refractivity contribution in [3.63, 3.8) is 0 Å². The maximum atomic E-state index is 10.5. The predicted octanol–water partition coefficient (Wildman–Crippen LogP) is 3.72. The van der Waals surface area contributed by atoms with Gasteiger partial charge in [-0.05, 0) is 35.8 Å². The summed E-state index contributed by atoms with van der Waals surface area (Å²) >= 11 is 0. The molecule has 1 aromatic carbocycles. The molecule has 0 fully saturated rings. The van der Waals surface area contributed by atoms with Gasteiger partial charge < -0.3 is 5.11 Å². The van der Waals surface area contributed by atoms with E-state index in [9.17, 15) is 5.11 Å². The Morgan fingerprint density at radius 1 is 1.25 bits per heavy atom. The van der Waals surface area contributed by atoms with Crippen LogP contribution in [-0.4, -0.2) is 5.11 Å². The van der Waals surface area contributed by atoms with Crippen molar-refractivity contribution in [3.8, 4) is 0 Å². The van der Waals surface area contributed by atoms with Gasteiger partial charge in [0.05, 0.1) is 6.10 Å². The first kappa shape index (κ1) is 11.7. The van der Waals surface area contributed by atoms with Crippen molar-refractivity contribution in [2.75, 3.05) is 0 Å². The molecule has 0 heterocycles. The minimum Gasteiger partial charge on any atom is -0.388 e. The predicted molar refractivity (Wildman–Crippen MR) is 67.3 cm³/mol. The van der Waals surface area contributed by atoms with Crippen LogP contribution in [-0.2, 0) is 6.42 Å². The number of rotatable bonds is 3.